The van der Waals surface area contributed by atoms with Gasteiger partial charge in [0.2, 0.25) is 5.78 Å². The maximum Gasteiger partial charge on any atom is 0.339 e. The van der Waals surface area contributed by atoms with E-state index >= 15 is 0 Å². The number of ether oxygens (including phenoxy) is 1. The van der Waals surface area contributed by atoms with Crippen LogP contribution in [0.5, 0.6) is 0 Å². The van der Waals surface area contributed by atoms with E-state index < -0.39 is 23.6 Å². The summed E-state index contributed by atoms with van der Waals surface area (Å²) in [6.45, 7) is 3.63. The highest BCUT2D eigenvalue weighted by molar-refractivity contribution is 6.09. The molecule has 6 nitrogen and oxygen atoms in total. The van der Waals surface area contributed by atoms with Gasteiger partial charge in [0.15, 0.2) is 11.9 Å². The summed E-state index contributed by atoms with van der Waals surface area (Å²) in [4.78, 5) is 25.5. The lowest BCUT2D eigenvalue weighted by molar-refractivity contribution is -0.155. The number of aryl methyl sites for hydroxylation is 2. The summed E-state index contributed by atoms with van der Waals surface area (Å²) >= 11 is 0. The Bertz CT molecular complexity index is 920. The molecular weight excluding hydrogens is 358 g/mol. The zero-order valence-electron chi connectivity index (χ0n) is 16.0. The van der Waals surface area contributed by atoms with Crippen LogP contribution in [0, 0.1) is 19.8 Å². The molecule has 0 amide bonds. The fourth-order valence-corrected chi connectivity index (χ4v) is 3.99. The number of carbonyl (C=O) groups excluding carboxylic acids is 2. The van der Waals surface area contributed by atoms with Crippen LogP contribution in [0.3, 0.4) is 0 Å². The molecule has 0 bridgehead atoms. The number of aromatic nitrogens is 1. The third kappa shape index (κ3) is 3.35. The van der Waals surface area contributed by atoms with E-state index in [2.05, 4.69) is 5.16 Å². The van der Waals surface area contributed by atoms with E-state index in [-0.39, 0.29) is 23.8 Å². The second-order valence-electron chi connectivity index (χ2n) is 7.59. The van der Waals surface area contributed by atoms with Gasteiger partial charge in [0.25, 0.3) is 0 Å². The van der Waals surface area contributed by atoms with Crippen molar-refractivity contribution in [3.8, 4) is 0 Å². The van der Waals surface area contributed by atoms with Crippen molar-refractivity contribution < 1.29 is 24.0 Å². The van der Waals surface area contributed by atoms with Gasteiger partial charge in [-0.05, 0) is 51.0 Å². The molecule has 2 aromatic rings. The maximum atomic E-state index is 12.8. The Balaban J connectivity index is 1.58. The average Bonchev–Trinajstić information content (AvgIpc) is 3.47. The molecule has 1 aromatic heterocycles. The van der Waals surface area contributed by atoms with Crippen LogP contribution in [0.2, 0.25) is 0 Å². The predicted molar refractivity (Wildman–Crippen MR) is 101 cm³/mol. The summed E-state index contributed by atoms with van der Waals surface area (Å²) in [5.41, 5.74) is 2.68. The first-order valence-electron chi connectivity index (χ1n) is 9.62. The van der Waals surface area contributed by atoms with Crippen LogP contribution in [0.4, 0.5) is 0 Å². The van der Waals surface area contributed by atoms with Gasteiger partial charge in [-0.3, -0.25) is 4.79 Å². The van der Waals surface area contributed by atoms with Crippen LogP contribution in [0.25, 0.3) is 0 Å². The number of nitrogens with zero attached hydrogens (tertiary/aromatic N) is 1. The summed E-state index contributed by atoms with van der Waals surface area (Å²) in [6, 6.07) is 9.53. The van der Waals surface area contributed by atoms with Gasteiger partial charge in [0, 0.05) is 11.5 Å². The fraction of sp³-hybridized carbons (Fsp3) is 0.409. The van der Waals surface area contributed by atoms with Crippen molar-refractivity contribution in [1.29, 1.82) is 0 Å². The van der Waals surface area contributed by atoms with E-state index in [0.717, 1.165) is 29.7 Å². The van der Waals surface area contributed by atoms with Gasteiger partial charge in [-0.15, -0.1) is 0 Å². The van der Waals surface area contributed by atoms with Crippen molar-refractivity contribution in [2.45, 2.75) is 51.6 Å². The molecule has 1 fully saturated rings. The molecule has 4 rings (SSSR count). The molecule has 0 saturated heterocycles. The molecule has 146 valence electrons. The first kappa shape index (κ1) is 18.5. The molecule has 6 heteroatoms. The third-order valence-corrected chi connectivity index (χ3v) is 5.65. The Hall–Kier alpha value is -2.89. The monoisotopic (exact) mass is 381 g/mol. The van der Waals surface area contributed by atoms with E-state index in [0.29, 0.717) is 12.2 Å². The van der Waals surface area contributed by atoms with Crippen molar-refractivity contribution in [3.63, 3.8) is 0 Å². The number of hydrogen-bond acceptors (Lipinski definition) is 6. The highest BCUT2D eigenvalue weighted by Gasteiger charge is 2.45. The highest BCUT2D eigenvalue weighted by Crippen LogP contribution is 2.48. The van der Waals surface area contributed by atoms with E-state index in [1.165, 1.54) is 0 Å². The minimum Gasteiger partial charge on any atom is -0.504 e. The standard InChI is InChI=1S/C22H23NO5/c1-12-16(13(2)28-23-12)10-11-17-20(24)21(25)19(22(26)27-17)18(15-8-9-15)14-6-4-3-5-7-14/h3-7,15,17-18,25H,8-11H2,1-2H3. The minimum atomic E-state index is -0.986. The molecule has 2 aliphatic rings. The second kappa shape index (κ2) is 7.26. The SMILES string of the molecule is Cc1noc(C)c1CCC1OC(=O)C(C(c2ccccc2)C2CC2)=C(O)C1=O. The van der Waals surface area contributed by atoms with Crippen LogP contribution in [0.1, 0.15) is 47.8 Å². The first-order chi connectivity index (χ1) is 13.5. The van der Waals surface area contributed by atoms with Crippen LogP contribution in [-0.2, 0) is 20.7 Å². The van der Waals surface area contributed by atoms with Crippen molar-refractivity contribution in [2.24, 2.45) is 5.92 Å². The quantitative estimate of drug-likeness (QED) is 0.767. The van der Waals surface area contributed by atoms with Gasteiger partial charge < -0.3 is 14.4 Å². The van der Waals surface area contributed by atoms with E-state index in [1.807, 2.05) is 37.3 Å². The molecule has 1 saturated carbocycles. The highest BCUT2D eigenvalue weighted by atomic mass is 16.6. The summed E-state index contributed by atoms with van der Waals surface area (Å²) in [6.07, 6.45) is 1.71. The van der Waals surface area contributed by atoms with Crippen LogP contribution < -0.4 is 0 Å². The van der Waals surface area contributed by atoms with Crippen LogP contribution >= 0.6 is 0 Å². The van der Waals surface area contributed by atoms with E-state index in [4.69, 9.17) is 9.26 Å². The van der Waals surface area contributed by atoms with Gasteiger partial charge in [0.1, 0.15) is 5.76 Å². The molecule has 2 unspecified atom stereocenters. The summed E-state index contributed by atoms with van der Waals surface area (Å²) in [7, 11) is 0. The van der Waals surface area contributed by atoms with Crippen molar-refractivity contribution >= 4 is 11.8 Å². The number of carbonyl (C=O) groups is 2. The van der Waals surface area contributed by atoms with Crippen LogP contribution in [0.15, 0.2) is 46.2 Å². The Labute approximate surface area is 163 Å². The number of ketones is 1. The van der Waals surface area contributed by atoms with Crippen molar-refractivity contribution in [3.05, 3.63) is 64.2 Å². The first-order valence-corrected chi connectivity index (χ1v) is 9.62. The molecule has 0 radical (unpaired) electrons. The smallest absolute Gasteiger partial charge is 0.339 e. The lowest BCUT2D eigenvalue weighted by Crippen LogP contribution is -2.38. The van der Waals surface area contributed by atoms with Crippen molar-refractivity contribution in [2.75, 3.05) is 0 Å². The number of aliphatic hydroxyl groups is 1. The van der Waals surface area contributed by atoms with Gasteiger partial charge in [0.05, 0.1) is 11.3 Å². The lowest BCUT2D eigenvalue weighted by Gasteiger charge is -2.27. The van der Waals surface area contributed by atoms with Crippen molar-refractivity contribution in [1.82, 2.24) is 5.16 Å². The number of cyclic esters (lactones) is 1. The van der Waals surface area contributed by atoms with Crippen LogP contribution in [-0.4, -0.2) is 28.1 Å². The topological polar surface area (TPSA) is 89.6 Å². The molecule has 2 heterocycles. The van der Waals surface area contributed by atoms with Gasteiger partial charge in [-0.25, -0.2) is 4.79 Å². The maximum absolute atomic E-state index is 12.8. The minimum absolute atomic E-state index is 0.104. The molecule has 1 aromatic carbocycles. The van der Waals surface area contributed by atoms with E-state index in [9.17, 15) is 14.7 Å². The molecule has 1 N–H and O–H groups in total. The third-order valence-electron chi connectivity index (χ3n) is 5.65. The number of rotatable bonds is 6. The predicted octanol–water partition coefficient (Wildman–Crippen LogP) is 3.72. The zero-order chi connectivity index (χ0) is 19.8. The average molecular weight is 381 g/mol. The summed E-state index contributed by atoms with van der Waals surface area (Å²) in [5.74, 6) is -0.935. The largest absolute Gasteiger partial charge is 0.504 e. The number of esters is 1. The Kier molecular flexibility index (Phi) is 4.79. The zero-order valence-corrected chi connectivity index (χ0v) is 16.0. The molecule has 0 spiro atoms. The van der Waals surface area contributed by atoms with E-state index in [1.54, 1.807) is 6.92 Å². The summed E-state index contributed by atoms with van der Waals surface area (Å²) in [5, 5.41) is 14.5. The lowest BCUT2D eigenvalue weighted by atomic mass is 9.83. The Morgan fingerprint density at radius 3 is 2.50 bits per heavy atom. The van der Waals surface area contributed by atoms with Gasteiger partial charge in [-0.1, -0.05) is 35.5 Å². The molecule has 1 aliphatic heterocycles. The number of hydrogen-bond donors (Lipinski definition) is 1. The van der Waals surface area contributed by atoms with Gasteiger partial charge in [-0.2, -0.15) is 0 Å². The Morgan fingerprint density at radius 2 is 1.89 bits per heavy atom. The number of Topliss-reactive ketones (excluding diaryl/α,β-unsaturated/α-hetero) is 1. The molecule has 28 heavy (non-hydrogen) atoms. The van der Waals surface area contributed by atoms with Gasteiger partial charge >= 0.3 is 5.97 Å². The Morgan fingerprint density at radius 1 is 1.18 bits per heavy atom. The molecular formula is C22H23NO5. The second-order valence-corrected chi connectivity index (χ2v) is 7.59. The number of aliphatic hydroxyl groups excluding tert-OH is 1. The molecule has 1 aliphatic carbocycles. The normalized spacial score (nSPS) is 21.0. The fourth-order valence-electron chi connectivity index (χ4n) is 3.99. The number of benzene rings is 1. The molecule has 2 atom stereocenters. The summed E-state index contributed by atoms with van der Waals surface area (Å²) < 4.78 is 10.6.